The molecule has 0 radical (unpaired) electrons. The monoisotopic (exact) mass is 252 g/mol. The summed E-state index contributed by atoms with van der Waals surface area (Å²) in [5.41, 5.74) is 5.84. The molecule has 0 spiro atoms. The van der Waals surface area contributed by atoms with E-state index in [9.17, 15) is 13.2 Å². The molecule has 3 atom stereocenters. The molecule has 0 aromatic heterocycles. The molecule has 5 heteroatoms. The Hall–Kier alpha value is -0.290. The Kier molecular flexibility index (Phi) is 5.25. The molecule has 0 aromatic carbocycles. The average Bonchev–Trinajstić information content (AvgIpc) is 2.63. The van der Waals surface area contributed by atoms with Crippen molar-refractivity contribution in [1.82, 2.24) is 4.90 Å². The fourth-order valence-electron chi connectivity index (χ4n) is 2.43. The molecule has 1 heterocycles. The minimum absolute atomic E-state index is 0.183. The molecule has 0 bridgehead atoms. The topological polar surface area (TPSA) is 29.3 Å². The number of alkyl halides is 3. The van der Waals surface area contributed by atoms with Gasteiger partial charge in [0.1, 0.15) is 0 Å². The standard InChI is InChI=1S/C12H23F3N2/c1-9(4-3-6-12(13,14)15)17-7-5-11(8-17)10(2)16/h9-11H,3-8,16H2,1-2H3. The Bertz CT molecular complexity index is 228. The summed E-state index contributed by atoms with van der Waals surface area (Å²) >= 11 is 0. The van der Waals surface area contributed by atoms with E-state index in [0.717, 1.165) is 19.5 Å². The van der Waals surface area contributed by atoms with Crippen molar-refractivity contribution >= 4 is 0 Å². The molecule has 2 nitrogen and oxygen atoms in total. The number of halogens is 3. The molecule has 1 aliphatic heterocycles. The van der Waals surface area contributed by atoms with Gasteiger partial charge in [-0.15, -0.1) is 0 Å². The Labute approximate surface area is 101 Å². The summed E-state index contributed by atoms with van der Waals surface area (Å²) < 4.78 is 36.1. The van der Waals surface area contributed by atoms with Gasteiger partial charge in [-0.1, -0.05) is 0 Å². The average molecular weight is 252 g/mol. The van der Waals surface area contributed by atoms with Crippen LogP contribution in [0.4, 0.5) is 13.2 Å². The molecule has 1 saturated heterocycles. The SMILES string of the molecule is CC(N)C1CCN(C(C)CCCC(F)(F)F)C1. The maximum atomic E-state index is 12.0. The third kappa shape index (κ3) is 5.25. The Morgan fingerprint density at radius 3 is 2.47 bits per heavy atom. The highest BCUT2D eigenvalue weighted by molar-refractivity contribution is 4.83. The van der Waals surface area contributed by atoms with E-state index in [1.165, 1.54) is 0 Å². The number of nitrogens with two attached hydrogens (primary N) is 1. The predicted molar refractivity (Wildman–Crippen MR) is 62.7 cm³/mol. The van der Waals surface area contributed by atoms with E-state index >= 15 is 0 Å². The van der Waals surface area contributed by atoms with E-state index in [1.54, 1.807) is 0 Å². The second-order valence-electron chi connectivity index (χ2n) is 5.26. The zero-order valence-corrected chi connectivity index (χ0v) is 10.6. The summed E-state index contributed by atoms with van der Waals surface area (Å²) in [6.07, 6.45) is -2.77. The van der Waals surface area contributed by atoms with Gasteiger partial charge in [-0.2, -0.15) is 13.2 Å². The van der Waals surface area contributed by atoms with E-state index < -0.39 is 12.6 Å². The normalized spacial score (nSPS) is 26.1. The van der Waals surface area contributed by atoms with Crippen molar-refractivity contribution in [2.24, 2.45) is 11.7 Å². The molecule has 0 amide bonds. The van der Waals surface area contributed by atoms with Crippen LogP contribution in [0.5, 0.6) is 0 Å². The van der Waals surface area contributed by atoms with Crippen LogP contribution in [-0.4, -0.2) is 36.2 Å². The summed E-state index contributed by atoms with van der Waals surface area (Å²) in [7, 11) is 0. The van der Waals surface area contributed by atoms with E-state index in [0.29, 0.717) is 12.3 Å². The highest BCUT2D eigenvalue weighted by Gasteiger charge is 2.30. The Balaban J connectivity index is 2.23. The molecule has 102 valence electrons. The van der Waals surface area contributed by atoms with E-state index in [1.807, 2.05) is 13.8 Å². The fraction of sp³-hybridized carbons (Fsp3) is 1.00. The molecule has 3 unspecified atom stereocenters. The van der Waals surface area contributed by atoms with Crippen LogP contribution in [0.3, 0.4) is 0 Å². The summed E-state index contributed by atoms with van der Waals surface area (Å²) in [4.78, 5) is 2.27. The minimum atomic E-state index is -4.01. The molecule has 0 saturated carbocycles. The molecule has 1 rings (SSSR count). The van der Waals surface area contributed by atoms with Gasteiger partial charge in [0, 0.05) is 25.0 Å². The van der Waals surface area contributed by atoms with Crippen LogP contribution in [0.25, 0.3) is 0 Å². The lowest BCUT2D eigenvalue weighted by Crippen LogP contribution is -2.34. The van der Waals surface area contributed by atoms with Crippen LogP contribution in [0.1, 0.15) is 39.5 Å². The maximum Gasteiger partial charge on any atom is 0.389 e. The molecule has 1 fully saturated rings. The number of nitrogens with zero attached hydrogens (tertiary/aromatic N) is 1. The predicted octanol–water partition coefficient (Wildman–Crippen LogP) is 2.78. The number of rotatable bonds is 5. The molecular weight excluding hydrogens is 229 g/mol. The molecule has 2 N–H and O–H groups in total. The number of hydrogen-bond acceptors (Lipinski definition) is 2. The van der Waals surface area contributed by atoms with Crippen molar-refractivity contribution in [3.8, 4) is 0 Å². The van der Waals surface area contributed by atoms with Gasteiger partial charge in [-0.05, 0) is 45.6 Å². The molecule has 1 aliphatic rings. The van der Waals surface area contributed by atoms with E-state index in [2.05, 4.69) is 4.90 Å². The first-order chi connectivity index (χ1) is 7.79. The summed E-state index contributed by atoms with van der Waals surface area (Å²) in [5.74, 6) is 0.500. The van der Waals surface area contributed by atoms with Crippen LogP contribution >= 0.6 is 0 Å². The summed E-state index contributed by atoms with van der Waals surface area (Å²) in [6, 6.07) is 0.420. The molecule has 17 heavy (non-hydrogen) atoms. The van der Waals surface area contributed by atoms with E-state index in [4.69, 9.17) is 5.73 Å². The first-order valence-corrected chi connectivity index (χ1v) is 6.36. The van der Waals surface area contributed by atoms with Gasteiger partial charge in [0.05, 0.1) is 0 Å². The number of hydrogen-bond donors (Lipinski definition) is 1. The highest BCUT2D eigenvalue weighted by atomic mass is 19.4. The smallest absolute Gasteiger partial charge is 0.328 e. The molecule has 0 aromatic rings. The Morgan fingerprint density at radius 2 is 2.00 bits per heavy atom. The van der Waals surface area contributed by atoms with Crippen LogP contribution < -0.4 is 5.73 Å². The van der Waals surface area contributed by atoms with Crippen molar-refractivity contribution in [2.45, 2.75) is 57.8 Å². The van der Waals surface area contributed by atoms with Gasteiger partial charge in [0.15, 0.2) is 0 Å². The van der Waals surface area contributed by atoms with Crippen LogP contribution in [-0.2, 0) is 0 Å². The molecular formula is C12H23F3N2. The fourth-order valence-corrected chi connectivity index (χ4v) is 2.43. The van der Waals surface area contributed by atoms with Gasteiger partial charge in [0.25, 0.3) is 0 Å². The summed E-state index contributed by atoms with van der Waals surface area (Å²) in [5, 5.41) is 0. The zero-order valence-electron chi connectivity index (χ0n) is 10.6. The Morgan fingerprint density at radius 1 is 1.35 bits per heavy atom. The van der Waals surface area contributed by atoms with Crippen molar-refractivity contribution in [1.29, 1.82) is 0 Å². The van der Waals surface area contributed by atoms with Gasteiger partial charge in [-0.3, -0.25) is 0 Å². The molecule has 0 aliphatic carbocycles. The first-order valence-electron chi connectivity index (χ1n) is 6.36. The van der Waals surface area contributed by atoms with E-state index in [-0.39, 0.29) is 18.5 Å². The highest BCUT2D eigenvalue weighted by Crippen LogP contribution is 2.26. The largest absolute Gasteiger partial charge is 0.389 e. The second-order valence-corrected chi connectivity index (χ2v) is 5.26. The lowest BCUT2D eigenvalue weighted by molar-refractivity contribution is -0.136. The van der Waals surface area contributed by atoms with Gasteiger partial charge < -0.3 is 10.6 Å². The van der Waals surface area contributed by atoms with Crippen LogP contribution in [0, 0.1) is 5.92 Å². The quantitative estimate of drug-likeness (QED) is 0.815. The summed E-state index contributed by atoms with van der Waals surface area (Å²) in [6.45, 7) is 5.92. The van der Waals surface area contributed by atoms with Gasteiger partial charge in [0.2, 0.25) is 0 Å². The van der Waals surface area contributed by atoms with Crippen LogP contribution in [0.2, 0.25) is 0 Å². The lowest BCUT2D eigenvalue weighted by atomic mass is 10.0. The minimum Gasteiger partial charge on any atom is -0.328 e. The third-order valence-electron chi connectivity index (χ3n) is 3.71. The maximum absolute atomic E-state index is 12.0. The first kappa shape index (κ1) is 14.8. The van der Waals surface area contributed by atoms with Gasteiger partial charge >= 0.3 is 6.18 Å². The zero-order chi connectivity index (χ0) is 13.1. The number of likely N-dealkylation sites (tertiary alicyclic amines) is 1. The third-order valence-corrected chi connectivity index (χ3v) is 3.71. The van der Waals surface area contributed by atoms with Crippen LogP contribution in [0.15, 0.2) is 0 Å². The lowest BCUT2D eigenvalue weighted by Gasteiger charge is -2.25. The van der Waals surface area contributed by atoms with Crippen molar-refractivity contribution in [3.05, 3.63) is 0 Å². The van der Waals surface area contributed by atoms with Gasteiger partial charge in [-0.25, -0.2) is 0 Å². The van der Waals surface area contributed by atoms with Crippen molar-refractivity contribution in [2.75, 3.05) is 13.1 Å². The van der Waals surface area contributed by atoms with Crippen molar-refractivity contribution in [3.63, 3.8) is 0 Å². The van der Waals surface area contributed by atoms with Crippen molar-refractivity contribution < 1.29 is 13.2 Å². The second kappa shape index (κ2) is 6.05.